The van der Waals surface area contributed by atoms with Gasteiger partial charge in [0.1, 0.15) is 0 Å². The number of aromatic nitrogens is 1. The van der Waals surface area contributed by atoms with E-state index >= 15 is 0 Å². The summed E-state index contributed by atoms with van der Waals surface area (Å²) in [5.41, 5.74) is 2.94. The normalized spacial score (nSPS) is 15.8. The first-order valence-corrected chi connectivity index (χ1v) is 9.65. The zero-order chi connectivity index (χ0) is 16.8. The van der Waals surface area contributed by atoms with Crippen LogP contribution in [0.5, 0.6) is 0 Å². The zero-order valence-electron chi connectivity index (χ0n) is 14.9. The number of hydrogen-bond donors (Lipinski definition) is 2. The van der Waals surface area contributed by atoms with E-state index in [2.05, 4.69) is 53.7 Å². The van der Waals surface area contributed by atoms with Crippen molar-refractivity contribution >= 4 is 41.3 Å². The van der Waals surface area contributed by atoms with E-state index in [9.17, 15) is 0 Å². The van der Waals surface area contributed by atoms with Crippen molar-refractivity contribution in [2.45, 2.75) is 39.0 Å². The molecule has 1 aromatic carbocycles. The third-order valence-electron chi connectivity index (χ3n) is 4.36. The second-order valence-electron chi connectivity index (χ2n) is 6.07. The molecule has 0 fully saturated rings. The largest absolute Gasteiger partial charge is 0.357 e. The van der Waals surface area contributed by atoms with Crippen molar-refractivity contribution in [3.05, 3.63) is 51.5 Å². The molecule has 0 bridgehead atoms. The van der Waals surface area contributed by atoms with E-state index in [1.54, 1.807) is 0 Å². The fourth-order valence-electron chi connectivity index (χ4n) is 2.98. The lowest BCUT2D eigenvalue weighted by Crippen LogP contribution is -2.39. The molecule has 2 N–H and O–H groups in total. The molecule has 1 heterocycles. The highest BCUT2D eigenvalue weighted by molar-refractivity contribution is 14.0. The Balaban J connectivity index is 0.00000225. The van der Waals surface area contributed by atoms with Gasteiger partial charge in [0.2, 0.25) is 0 Å². The Bertz CT molecular complexity index is 698. The monoisotopic (exact) mass is 470 g/mol. The van der Waals surface area contributed by atoms with Crippen LogP contribution in [0.2, 0.25) is 0 Å². The van der Waals surface area contributed by atoms with Crippen LogP contribution in [-0.2, 0) is 19.3 Å². The van der Waals surface area contributed by atoms with Crippen molar-refractivity contribution in [2.75, 3.05) is 19.6 Å². The molecule has 4 nitrogen and oxygen atoms in total. The van der Waals surface area contributed by atoms with Gasteiger partial charge in [-0.3, -0.25) is 4.99 Å². The fourth-order valence-corrected chi connectivity index (χ4v) is 3.85. The van der Waals surface area contributed by atoms with E-state index in [-0.39, 0.29) is 24.0 Å². The molecule has 6 heteroatoms. The maximum atomic E-state index is 4.76. The van der Waals surface area contributed by atoms with Gasteiger partial charge < -0.3 is 10.6 Å². The Labute approximate surface area is 171 Å². The van der Waals surface area contributed by atoms with Crippen LogP contribution in [0, 0.1) is 0 Å². The van der Waals surface area contributed by atoms with Gasteiger partial charge in [0.25, 0.3) is 0 Å². The summed E-state index contributed by atoms with van der Waals surface area (Å²) in [5.74, 6) is 1.48. The number of benzene rings is 1. The van der Waals surface area contributed by atoms with E-state index in [1.165, 1.54) is 21.0 Å². The van der Waals surface area contributed by atoms with Crippen LogP contribution in [0.3, 0.4) is 0 Å². The summed E-state index contributed by atoms with van der Waals surface area (Å²) >= 11 is 1.81. The van der Waals surface area contributed by atoms with Gasteiger partial charge in [0.15, 0.2) is 5.96 Å². The number of fused-ring (bicyclic) bond motifs is 1. The van der Waals surface area contributed by atoms with Gasteiger partial charge in [-0.25, -0.2) is 4.98 Å². The molecule has 1 atom stereocenters. The number of rotatable bonds is 7. The highest BCUT2D eigenvalue weighted by Crippen LogP contribution is 2.34. The molecule has 25 heavy (non-hydrogen) atoms. The molecule has 1 unspecified atom stereocenters. The molecular weight excluding hydrogens is 443 g/mol. The molecule has 3 rings (SSSR count). The number of halogens is 1. The summed E-state index contributed by atoms with van der Waals surface area (Å²) in [5, 5.41) is 7.96. The van der Waals surface area contributed by atoms with Gasteiger partial charge in [-0.15, -0.1) is 35.3 Å². The number of aliphatic imine (C=N–C) groups is 1. The lowest BCUT2D eigenvalue weighted by Gasteiger charge is -2.28. The van der Waals surface area contributed by atoms with Crippen molar-refractivity contribution < 1.29 is 0 Å². The van der Waals surface area contributed by atoms with Crippen LogP contribution < -0.4 is 10.6 Å². The van der Waals surface area contributed by atoms with Crippen LogP contribution in [-0.4, -0.2) is 30.6 Å². The Morgan fingerprint density at radius 1 is 1.28 bits per heavy atom. The zero-order valence-corrected chi connectivity index (χ0v) is 18.1. The van der Waals surface area contributed by atoms with Crippen molar-refractivity contribution in [3.8, 4) is 0 Å². The molecule has 0 saturated carbocycles. The van der Waals surface area contributed by atoms with E-state index in [0.29, 0.717) is 5.92 Å². The average molecular weight is 470 g/mol. The molecule has 2 aromatic rings. The number of hydrogen-bond acceptors (Lipinski definition) is 3. The van der Waals surface area contributed by atoms with Crippen LogP contribution in [0.1, 0.15) is 40.8 Å². The summed E-state index contributed by atoms with van der Waals surface area (Å²) in [4.78, 5) is 10.6. The second kappa shape index (κ2) is 10.1. The molecule has 136 valence electrons. The quantitative estimate of drug-likeness (QED) is 0.368. The molecule has 1 aliphatic carbocycles. The first-order chi connectivity index (χ1) is 11.8. The van der Waals surface area contributed by atoms with Gasteiger partial charge in [-0.1, -0.05) is 31.2 Å². The predicted molar refractivity (Wildman–Crippen MR) is 117 cm³/mol. The molecule has 0 amide bonds. The molecule has 0 radical (unpaired) electrons. The van der Waals surface area contributed by atoms with Crippen molar-refractivity contribution in [1.82, 2.24) is 15.6 Å². The lowest BCUT2D eigenvalue weighted by atomic mass is 9.78. The van der Waals surface area contributed by atoms with Crippen LogP contribution >= 0.6 is 35.3 Å². The fraction of sp³-hybridized carbons (Fsp3) is 0.474. The van der Waals surface area contributed by atoms with Gasteiger partial charge in [-0.2, -0.15) is 0 Å². The molecule has 0 aliphatic heterocycles. The minimum Gasteiger partial charge on any atom is -0.357 e. The third kappa shape index (κ3) is 5.41. The summed E-state index contributed by atoms with van der Waals surface area (Å²) in [6, 6.07) is 8.69. The number of aryl methyl sites for hydroxylation is 1. The first-order valence-electron chi connectivity index (χ1n) is 8.83. The van der Waals surface area contributed by atoms with E-state index in [0.717, 1.165) is 44.9 Å². The van der Waals surface area contributed by atoms with Gasteiger partial charge in [-0.05, 0) is 30.9 Å². The van der Waals surface area contributed by atoms with Crippen LogP contribution in [0.4, 0.5) is 0 Å². The van der Waals surface area contributed by atoms with Crippen molar-refractivity contribution in [2.24, 2.45) is 4.99 Å². The standard InChI is InChI=1S/C19H26N4S.HI/c1-3-16-13-22-18(24-16)9-10-21-19(20-4-2)23-12-15-11-14-7-5-6-8-17(14)15;/h5-8,13,15H,3-4,9-12H2,1-2H3,(H2,20,21,23);1H. The Hall–Kier alpha value is -1.15. The van der Waals surface area contributed by atoms with Crippen molar-refractivity contribution in [3.63, 3.8) is 0 Å². The average Bonchev–Trinajstić information content (AvgIpc) is 3.03. The van der Waals surface area contributed by atoms with Crippen LogP contribution in [0.15, 0.2) is 35.5 Å². The summed E-state index contributed by atoms with van der Waals surface area (Å²) in [6.07, 6.45) is 5.16. The summed E-state index contributed by atoms with van der Waals surface area (Å²) in [7, 11) is 0. The highest BCUT2D eigenvalue weighted by atomic mass is 127. The molecular formula is C19H27IN4S. The maximum Gasteiger partial charge on any atom is 0.191 e. The molecule has 1 aliphatic rings. The SMILES string of the molecule is CCNC(=NCC1Cc2ccccc21)NCCc1ncc(CC)s1.I. The number of nitrogens with zero attached hydrogens (tertiary/aromatic N) is 2. The van der Waals surface area contributed by atoms with Gasteiger partial charge in [0, 0.05) is 43.0 Å². The topological polar surface area (TPSA) is 49.3 Å². The minimum absolute atomic E-state index is 0. The second-order valence-corrected chi connectivity index (χ2v) is 7.27. The number of nitrogens with one attached hydrogen (secondary N) is 2. The molecule has 0 spiro atoms. The van der Waals surface area contributed by atoms with Gasteiger partial charge >= 0.3 is 0 Å². The summed E-state index contributed by atoms with van der Waals surface area (Å²) in [6.45, 7) is 6.87. The first kappa shape index (κ1) is 20.2. The van der Waals surface area contributed by atoms with E-state index in [4.69, 9.17) is 4.99 Å². The molecule has 0 saturated heterocycles. The third-order valence-corrected chi connectivity index (χ3v) is 5.56. The Kier molecular flexibility index (Phi) is 8.15. The number of guanidine groups is 1. The maximum absolute atomic E-state index is 4.76. The highest BCUT2D eigenvalue weighted by Gasteiger charge is 2.24. The van der Waals surface area contributed by atoms with Gasteiger partial charge in [0.05, 0.1) is 5.01 Å². The molecule has 1 aromatic heterocycles. The Morgan fingerprint density at radius 2 is 2.12 bits per heavy atom. The summed E-state index contributed by atoms with van der Waals surface area (Å²) < 4.78 is 0. The van der Waals surface area contributed by atoms with Crippen molar-refractivity contribution in [1.29, 1.82) is 0 Å². The van der Waals surface area contributed by atoms with E-state index in [1.807, 2.05) is 17.5 Å². The predicted octanol–water partition coefficient (Wildman–Crippen LogP) is 3.76. The van der Waals surface area contributed by atoms with E-state index < -0.39 is 0 Å². The number of thiazole rings is 1. The smallest absolute Gasteiger partial charge is 0.191 e. The minimum atomic E-state index is 0. The van der Waals surface area contributed by atoms with Crippen LogP contribution in [0.25, 0.3) is 0 Å². The Morgan fingerprint density at radius 3 is 2.84 bits per heavy atom. The lowest BCUT2D eigenvalue weighted by molar-refractivity contribution is 0.614.